The van der Waals surface area contributed by atoms with Crippen molar-refractivity contribution in [2.24, 2.45) is 0 Å². The molecular formula is C14H22Cl2N2. The zero-order valence-electron chi connectivity index (χ0n) is 10.8. The van der Waals surface area contributed by atoms with Crippen LogP contribution >= 0.6 is 24.8 Å². The number of likely N-dealkylation sites (N-methyl/N-ethyl adjacent to an activating group) is 1. The fraction of sp³-hybridized carbons (Fsp3) is 0.571. The SMILES string of the molecule is CN[C@H]1Cc2ccccc2[C@H]1N1CCCC1.Cl.Cl. The molecule has 2 nitrogen and oxygen atoms in total. The van der Waals surface area contributed by atoms with Crippen LogP contribution in [0.2, 0.25) is 0 Å². The van der Waals surface area contributed by atoms with Gasteiger partial charge in [0.2, 0.25) is 0 Å². The lowest BCUT2D eigenvalue weighted by molar-refractivity contribution is 0.210. The summed E-state index contributed by atoms with van der Waals surface area (Å²) in [6.45, 7) is 2.55. The van der Waals surface area contributed by atoms with Gasteiger partial charge in [-0.1, -0.05) is 24.3 Å². The minimum absolute atomic E-state index is 0. The number of likely N-dealkylation sites (tertiary alicyclic amines) is 1. The van der Waals surface area contributed by atoms with Crippen LogP contribution in [0.3, 0.4) is 0 Å². The van der Waals surface area contributed by atoms with Crippen LogP contribution in [0, 0.1) is 0 Å². The molecule has 0 saturated carbocycles. The molecule has 1 aromatic rings. The van der Waals surface area contributed by atoms with Gasteiger partial charge in [0, 0.05) is 6.04 Å². The predicted octanol–water partition coefficient (Wildman–Crippen LogP) is 2.81. The fourth-order valence-corrected chi connectivity index (χ4v) is 3.30. The molecular weight excluding hydrogens is 267 g/mol. The molecule has 102 valence electrons. The van der Waals surface area contributed by atoms with Gasteiger partial charge in [-0.3, -0.25) is 4.90 Å². The molecule has 1 fully saturated rings. The topological polar surface area (TPSA) is 15.3 Å². The largest absolute Gasteiger partial charge is 0.315 e. The number of benzene rings is 1. The Kier molecular flexibility index (Phi) is 5.93. The molecule has 3 rings (SSSR count). The molecule has 0 bridgehead atoms. The van der Waals surface area contributed by atoms with Crippen molar-refractivity contribution in [1.82, 2.24) is 10.2 Å². The Labute approximate surface area is 122 Å². The van der Waals surface area contributed by atoms with Crippen LogP contribution in [0.1, 0.15) is 30.0 Å². The summed E-state index contributed by atoms with van der Waals surface area (Å²) < 4.78 is 0. The first-order chi connectivity index (χ1) is 7.90. The maximum Gasteiger partial charge on any atom is 0.0507 e. The zero-order chi connectivity index (χ0) is 11.0. The maximum atomic E-state index is 3.50. The van der Waals surface area contributed by atoms with E-state index in [1.807, 2.05) is 0 Å². The molecule has 1 heterocycles. The average molecular weight is 289 g/mol. The highest BCUT2D eigenvalue weighted by Gasteiger charge is 2.36. The lowest BCUT2D eigenvalue weighted by atomic mass is 10.1. The summed E-state index contributed by atoms with van der Waals surface area (Å²) in [5.74, 6) is 0. The van der Waals surface area contributed by atoms with Gasteiger partial charge in [0.1, 0.15) is 0 Å². The van der Waals surface area contributed by atoms with E-state index in [2.05, 4.69) is 41.5 Å². The standard InChI is InChI=1S/C14H20N2.2ClH/c1-15-13-10-11-6-2-3-7-12(11)14(13)16-8-4-5-9-16;;/h2-3,6-7,13-15H,4-5,8-10H2,1H3;2*1H/t13-,14+;;/m0../s1. The van der Waals surface area contributed by atoms with Crippen molar-refractivity contribution in [3.63, 3.8) is 0 Å². The lowest BCUT2D eigenvalue weighted by Gasteiger charge is -2.29. The van der Waals surface area contributed by atoms with Gasteiger partial charge < -0.3 is 5.32 Å². The molecule has 0 unspecified atom stereocenters. The predicted molar refractivity (Wildman–Crippen MR) is 81.0 cm³/mol. The van der Waals surface area contributed by atoms with Crippen LogP contribution in [0.25, 0.3) is 0 Å². The molecule has 1 aliphatic carbocycles. The Balaban J connectivity index is 0.000000810. The van der Waals surface area contributed by atoms with Crippen LogP contribution in [-0.2, 0) is 6.42 Å². The van der Waals surface area contributed by atoms with Crippen LogP contribution < -0.4 is 5.32 Å². The number of rotatable bonds is 2. The second-order valence-electron chi connectivity index (χ2n) is 4.99. The molecule has 18 heavy (non-hydrogen) atoms. The van der Waals surface area contributed by atoms with Gasteiger partial charge in [0.05, 0.1) is 6.04 Å². The summed E-state index contributed by atoms with van der Waals surface area (Å²) in [5.41, 5.74) is 3.10. The molecule has 1 N–H and O–H groups in total. The first-order valence-corrected chi connectivity index (χ1v) is 6.39. The van der Waals surface area contributed by atoms with E-state index in [-0.39, 0.29) is 24.8 Å². The third kappa shape index (κ3) is 2.67. The first kappa shape index (κ1) is 15.8. The molecule has 0 aromatic heterocycles. The van der Waals surface area contributed by atoms with E-state index in [0.717, 1.165) is 0 Å². The van der Waals surface area contributed by atoms with Gasteiger partial charge in [-0.2, -0.15) is 0 Å². The van der Waals surface area contributed by atoms with E-state index < -0.39 is 0 Å². The van der Waals surface area contributed by atoms with Gasteiger partial charge in [-0.05, 0) is 50.5 Å². The number of hydrogen-bond acceptors (Lipinski definition) is 2. The molecule has 2 atom stereocenters. The highest BCUT2D eigenvalue weighted by Crippen LogP contribution is 2.37. The fourth-order valence-electron chi connectivity index (χ4n) is 3.30. The van der Waals surface area contributed by atoms with Crippen molar-refractivity contribution < 1.29 is 0 Å². The molecule has 0 spiro atoms. The van der Waals surface area contributed by atoms with Crippen molar-refractivity contribution in [1.29, 1.82) is 0 Å². The summed E-state index contributed by atoms with van der Waals surface area (Å²) in [6.07, 6.45) is 3.93. The minimum atomic E-state index is 0. The second kappa shape index (κ2) is 6.76. The van der Waals surface area contributed by atoms with Gasteiger partial charge in [-0.15, -0.1) is 24.8 Å². The van der Waals surface area contributed by atoms with Gasteiger partial charge >= 0.3 is 0 Å². The van der Waals surface area contributed by atoms with E-state index in [1.54, 1.807) is 11.1 Å². The highest BCUT2D eigenvalue weighted by atomic mass is 35.5. The number of fused-ring (bicyclic) bond motifs is 1. The van der Waals surface area contributed by atoms with Crippen molar-refractivity contribution >= 4 is 24.8 Å². The molecule has 1 saturated heterocycles. The van der Waals surface area contributed by atoms with Crippen LogP contribution in [0.15, 0.2) is 24.3 Å². The summed E-state index contributed by atoms with van der Waals surface area (Å²) >= 11 is 0. The zero-order valence-corrected chi connectivity index (χ0v) is 12.4. The van der Waals surface area contributed by atoms with Crippen molar-refractivity contribution in [2.45, 2.75) is 31.3 Å². The van der Waals surface area contributed by atoms with E-state index in [0.29, 0.717) is 12.1 Å². The maximum absolute atomic E-state index is 3.50. The summed E-state index contributed by atoms with van der Waals surface area (Å²) in [4.78, 5) is 2.66. The van der Waals surface area contributed by atoms with Crippen LogP contribution in [0.4, 0.5) is 0 Å². The van der Waals surface area contributed by atoms with Gasteiger partial charge in [0.15, 0.2) is 0 Å². The third-order valence-corrected chi connectivity index (χ3v) is 4.10. The Morgan fingerprint density at radius 1 is 1.11 bits per heavy atom. The molecule has 4 heteroatoms. The van der Waals surface area contributed by atoms with Crippen LogP contribution in [0.5, 0.6) is 0 Å². The molecule has 0 amide bonds. The molecule has 1 aromatic carbocycles. The van der Waals surface area contributed by atoms with E-state index >= 15 is 0 Å². The minimum Gasteiger partial charge on any atom is -0.315 e. The van der Waals surface area contributed by atoms with E-state index in [4.69, 9.17) is 0 Å². The second-order valence-corrected chi connectivity index (χ2v) is 4.99. The van der Waals surface area contributed by atoms with Crippen molar-refractivity contribution in [2.75, 3.05) is 20.1 Å². The number of hydrogen-bond donors (Lipinski definition) is 1. The Morgan fingerprint density at radius 2 is 1.78 bits per heavy atom. The summed E-state index contributed by atoms with van der Waals surface area (Å²) in [7, 11) is 2.10. The number of nitrogens with one attached hydrogen (secondary N) is 1. The Hall–Kier alpha value is -0.280. The smallest absolute Gasteiger partial charge is 0.0507 e. The summed E-state index contributed by atoms with van der Waals surface area (Å²) in [5, 5.41) is 3.50. The monoisotopic (exact) mass is 288 g/mol. The molecule has 1 aliphatic heterocycles. The lowest BCUT2D eigenvalue weighted by Crippen LogP contribution is -2.39. The van der Waals surface area contributed by atoms with E-state index in [9.17, 15) is 0 Å². The first-order valence-electron chi connectivity index (χ1n) is 6.39. The van der Waals surface area contributed by atoms with Crippen LogP contribution in [-0.4, -0.2) is 31.1 Å². The highest BCUT2D eigenvalue weighted by molar-refractivity contribution is 5.85. The Bertz CT molecular complexity index is 376. The molecule has 2 aliphatic rings. The Morgan fingerprint density at radius 3 is 2.44 bits per heavy atom. The molecule has 0 radical (unpaired) electrons. The number of nitrogens with zero attached hydrogens (tertiary/aromatic N) is 1. The quantitative estimate of drug-likeness (QED) is 0.900. The summed E-state index contributed by atoms with van der Waals surface area (Å²) in [6, 6.07) is 10.2. The van der Waals surface area contributed by atoms with Crippen molar-refractivity contribution in [3.05, 3.63) is 35.4 Å². The van der Waals surface area contributed by atoms with Gasteiger partial charge in [0.25, 0.3) is 0 Å². The van der Waals surface area contributed by atoms with Crippen molar-refractivity contribution in [3.8, 4) is 0 Å². The average Bonchev–Trinajstić information content (AvgIpc) is 2.94. The van der Waals surface area contributed by atoms with Gasteiger partial charge in [-0.25, -0.2) is 0 Å². The third-order valence-electron chi connectivity index (χ3n) is 4.10. The van der Waals surface area contributed by atoms with E-state index in [1.165, 1.54) is 32.4 Å². The number of halogens is 2. The normalized spacial score (nSPS) is 26.3.